The molecule has 0 saturated heterocycles. The van der Waals surface area contributed by atoms with Gasteiger partial charge >= 0.3 is 0 Å². The summed E-state index contributed by atoms with van der Waals surface area (Å²) in [7, 11) is 1.91. The Morgan fingerprint density at radius 1 is 1.70 bits per heavy atom. The number of hydrazone groups is 1. The minimum atomic E-state index is 0.350. The second-order valence-electron chi connectivity index (χ2n) is 2.31. The van der Waals surface area contributed by atoms with Crippen molar-refractivity contribution in [3.8, 4) is 0 Å². The van der Waals surface area contributed by atoms with Crippen molar-refractivity contribution >= 4 is 6.72 Å². The van der Waals surface area contributed by atoms with Gasteiger partial charge in [-0.05, 0) is 6.42 Å². The first-order chi connectivity index (χ1) is 4.76. The summed E-state index contributed by atoms with van der Waals surface area (Å²) in [5.74, 6) is 0. The maximum atomic E-state index is 3.79. The summed E-state index contributed by atoms with van der Waals surface area (Å²) in [5, 5.41) is 5.62. The van der Waals surface area contributed by atoms with E-state index in [1.165, 1.54) is 0 Å². The van der Waals surface area contributed by atoms with E-state index in [4.69, 9.17) is 0 Å². The normalized spacial score (nSPS) is 12.2. The summed E-state index contributed by atoms with van der Waals surface area (Å²) in [4.78, 5) is 0. The highest BCUT2D eigenvalue weighted by atomic mass is 15.4. The van der Waals surface area contributed by atoms with Crippen molar-refractivity contribution in [2.75, 3.05) is 7.05 Å². The van der Waals surface area contributed by atoms with Gasteiger partial charge in [0.2, 0.25) is 0 Å². The lowest BCUT2D eigenvalue weighted by atomic mass is 10.2. The minimum Gasteiger partial charge on any atom is -0.294 e. The molecule has 0 fully saturated rings. The molecule has 0 spiro atoms. The molecule has 1 atom stereocenters. The van der Waals surface area contributed by atoms with E-state index in [9.17, 15) is 0 Å². The van der Waals surface area contributed by atoms with E-state index in [0.29, 0.717) is 6.04 Å². The van der Waals surface area contributed by atoms with Crippen LogP contribution in [-0.2, 0) is 0 Å². The second kappa shape index (κ2) is 5.03. The summed E-state index contributed by atoms with van der Waals surface area (Å²) >= 11 is 0. The third kappa shape index (κ3) is 2.67. The zero-order valence-corrected chi connectivity index (χ0v) is 6.88. The van der Waals surface area contributed by atoms with Crippen LogP contribution in [0.4, 0.5) is 0 Å². The summed E-state index contributed by atoms with van der Waals surface area (Å²) in [6.07, 6.45) is 4.15. The molecule has 2 heteroatoms. The first kappa shape index (κ1) is 9.21. The fourth-order valence-corrected chi connectivity index (χ4v) is 0.858. The van der Waals surface area contributed by atoms with Crippen molar-refractivity contribution in [3.05, 3.63) is 12.7 Å². The van der Waals surface area contributed by atoms with Gasteiger partial charge < -0.3 is 0 Å². The third-order valence-electron chi connectivity index (χ3n) is 1.56. The van der Waals surface area contributed by atoms with Gasteiger partial charge in [0.1, 0.15) is 0 Å². The molecule has 2 nitrogen and oxygen atoms in total. The Morgan fingerprint density at radius 3 is 2.60 bits per heavy atom. The molecule has 10 heavy (non-hydrogen) atoms. The SMILES string of the molecule is C=CC(CCC)N(C)N=C. The van der Waals surface area contributed by atoms with E-state index in [1.54, 1.807) is 0 Å². The van der Waals surface area contributed by atoms with Gasteiger partial charge in [0.15, 0.2) is 0 Å². The molecule has 58 valence electrons. The highest BCUT2D eigenvalue weighted by molar-refractivity contribution is 5.22. The van der Waals surface area contributed by atoms with E-state index < -0.39 is 0 Å². The van der Waals surface area contributed by atoms with E-state index in [0.717, 1.165) is 12.8 Å². The van der Waals surface area contributed by atoms with Crippen molar-refractivity contribution in [1.82, 2.24) is 5.01 Å². The van der Waals surface area contributed by atoms with Crippen LogP contribution in [0.5, 0.6) is 0 Å². The molecule has 0 bridgehead atoms. The van der Waals surface area contributed by atoms with Gasteiger partial charge in [0.05, 0.1) is 6.04 Å². The van der Waals surface area contributed by atoms with Crippen LogP contribution in [0.25, 0.3) is 0 Å². The Balaban J connectivity index is 3.78. The fourth-order valence-electron chi connectivity index (χ4n) is 0.858. The first-order valence-electron chi connectivity index (χ1n) is 3.58. The summed E-state index contributed by atoms with van der Waals surface area (Å²) in [6.45, 7) is 9.31. The van der Waals surface area contributed by atoms with Crippen LogP contribution in [-0.4, -0.2) is 24.8 Å². The zero-order chi connectivity index (χ0) is 7.98. The fraction of sp³-hybridized carbons (Fsp3) is 0.625. The van der Waals surface area contributed by atoms with Crippen LogP contribution in [0.1, 0.15) is 19.8 Å². The highest BCUT2D eigenvalue weighted by Crippen LogP contribution is 2.04. The summed E-state index contributed by atoms with van der Waals surface area (Å²) < 4.78 is 0. The highest BCUT2D eigenvalue weighted by Gasteiger charge is 2.04. The van der Waals surface area contributed by atoms with Crippen molar-refractivity contribution in [1.29, 1.82) is 0 Å². The van der Waals surface area contributed by atoms with Crippen molar-refractivity contribution in [3.63, 3.8) is 0 Å². The lowest BCUT2D eigenvalue weighted by molar-refractivity contribution is 0.285. The molecule has 0 aliphatic carbocycles. The minimum absolute atomic E-state index is 0.350. The number of hydrogen-bond acceptors (Lipinski definition) is 2. The Morgan fingerprint density at radius 2 is 2.30 bits per heavy atom. The van der Waals surface area contributed by atoms with Crippen LogP contribution in [0.3, 0.4) is 0 Å². The molecular formula is C8H16N2. The second-order valence-corrected chi connectivity index (χ2v) is 2.31. The Bertz CT molecular complexity index is 110. The van der Waals surface area contributed by atoms with Gasteiger partial charge in [0, 0.05) is 13.8 Å². The largest absolute Gasteiger partial charge is 0.294 e. The third-order valence-corrected chi connectivity index (χ3v) is 1.56. The number of likely N-dealkylation sites (N-methyl/N-ethyl adjacent to an activating group) is 1. The van der Waals surface area contributed by atoms with Gasteiger partial charge in [-0.1, -0.05) is 19.4 Å². The maximum absolute atomic E-state index is 3.79. The molecule has 0 aliphatic heterocycles. The number of nitrogens with zero attached hydrogens (tertiary/aromatic N) is 2. The Kier molecular flexibility index (Phi) is 4.63. The van der Waals surface area contributed by atoms with Crippen LogP contribution >= 0.6 is 0 Å². The summed E-state index contributed by atoms with van der Waals surface area (Å²) in [5.41, 5.74) is 0. The molecule has 1 unspecified atom stereocenters. The Hall–Kier alpha value is -0.790. The van der Waals surface area contributed by atoms with E-state index in [-0.39, 0.29) is 0 Å². The van der Waals surface area contributed by atoms with Crippen LogP contribution in [0.15, 0.2) is 17.8 Å². The molecule has 0 heterocycles. The molecule has 0 rings (SSSR count). The standard InChI is InChI=1S/C8H16N2/c1-5-7-8(6-2)10(4)9-3/h6,8H,2-3,5,7H2,1,4H3. The molecule has 0 amide bonds. The molecule has 0 aromatic rings. The van der Waals surface area contributed by atoms with Gasteiger partial charge in [-0.3, -0.25) is 5.01 Å². The Labute approximate surface area is 63.2 Å². The van der Waals surface area contributed by atoms with Gasteiger partial charge in [-0.25, -0.2) is 0 Å². The van der Waals surface area contributed by atoms with Crippen LogP contribution in [0.2, 0.25) is 0 Å². The lowest BCUT2D eigenvalue weighted by Crippen LogP contribution is -2.23. The predicted octanol–water partition coefficient (Wildman–Crippen LogP) is 1.89. The van der Waals surface area contributed by atoms with Crippen molar-refractivity contribution < 1.29 is 0 Å². The molecule has 0 aromatic carbocycles. The lowest BCUT2D eigenvalue weighted by Gasteiger charge is -2.20. The van der Waals surface area contributed by atoms with Crippen molar-refractivity contribution in [2.45, 2.75) is 25.8 Å². The van der Waals surface area contributed by atoms with Gasteiger partial charge in [0.25, 0.3) is 0 Å². The zero-order valence-electron chi connectivity index (χ0n) is 6.88. The predicted molar refractivity (Wildman–Crippen MR) is 46.2 cm³/mol. The van der Waals surface area contributed by atoms with Crippen molar-refractivity contribution in [2.24, 2.45) is 5.10 Å². The molecule has 0 N–H and O–H groups in total. The quantitative estimate of drug-likeness (QED) is 0.323. The van der Waals surface area contributed by atoms with E-state index in [1.807, 2.05) is 18.1 Å². The number of rotatable bonds is 5. The number of hydrogen-bond donors (Lipinski definition) is 0. The first-order valence-corrected chi connectivity index (χ1v) is 3.58. The molecule has 0 aliphatic rings. The van der Waals surface area contributed by atoms with E-state index in [2.05, 4.69) is 25.3 Å². The van der Waals surface area contributed by atoms with Crippen LogP contribution in [0, 0.1) is 0 Å². The molecule has 0 saturated carbocycles. The topological polar surface area (TPSA) is 15.6 Å². The maximum Gasteiger partial charge on any atom is 0.0644 e. The average Bonchev–Trinajstić information content (AvgIpc) is 1.99. The monoisotopic (exact) mass is 140 g/mol. The van der Waals surface area contributed by atoms with Gasteiger partial charge in [-0.15, -0.1) is 6.58 Å². The molecular weight excluding hydrogens is 124 g/mol. The van der Waals surface area contributed by atoms with Crippen LogP contribution < -0.4 is 0 Å². The average molecular weight is 140 g/mol. The summed E-state index contributed by atoms with van der Waals surface area (Å²) in [6, 6.07) is 0.350. The smallest absolute Gasteiger partial charge is 0.0644 e. The van der Waals surface area contributed by atoms with E-state index >= 15 is 0 Å². The molecule has 0 radical (unpaired) electrons. The molecule has 0 aromatic heterocycles. The van der Waals surface area contributed by atoms with Gasteiger partial charge in [-0.2, -0.15) is 5.10 Å².